The fourth-order valence-corrected chi connectivity index (χ4v) is 9.53. The first-order chi connectivity index (χ1) is 12.7. The molecule has 26 heavy (non-hydrogen) atoms. The Balaban J connectivity index is 1.84. The molecule has 1 aliphatic rings. The number of benzene rings is 2. The predicted molar refractivity (Wildman–Crippen MR) is 112 cm³/mol. The van der Waals surface area contributed by atoms with Gasteiger partial charge in [-0.1, -0.05) is 13.3 Å². The first-order valence-electron chi connectivity index (χ1n) is 9.76. The molecule has 0 radical (unpaired) electrons. The fourth-order valence-electron chi connectivity index (χ4n) is 3.89. The Hall–Kier alpha value is -0.357. The standard InChI is InChI=1S/C23H27.2ClH.Zr/c1-3-5-6-7-9-19-12-14-20(15-13-19)22-11-8-10-21-16-18(4-2)17-23(21)22;;;/h8,10-17H,3-7,9H2,1-2H3;2*1H;/q;;;+2/p-2. The number of unbranched alkanes of at least 4 members (excludes halogenated alkanes) is 3. The molecule has 1 atom stereocenters. The van der Waals surface area contributed by atoms with Gasteiger partial charge in [-0.25, -0.2) is 0 Å². The molecule has 3 heteroatoms. The van der Waals surface area contributed by atoms with Crippen LogP contribution in [0.3, 0.4) is 0 Å². The Labute approximate surface area is 173 Å². The average molecular weight is 466 g/mol. The summed E-state index contributed by atoms with van der Waals surface area (Å²) >= 11 is -2.38. The number of halogens is 2. The molecule has 3 rings (SSSR count). The third kappa shape index (κ3) is 4.55. The van der Waals surface area contributed by atoms with Gasteiger partial charge >= 0.3 is 161 Å². The van der Waals surface area contributed by atoms with Gasteiger partial charge in [0, 0.05) is 0 Å². The number of hydrogen-bond donors (Lipinski definition) is 0. The number of allylic oxidation sites excluding steroid dienone is 1. The van der Waals surface area contributed by atoms with E-state index < -0.39 is 19.4 Å². The fraction of sp³-hybridized carbons (Fsp3) is 0.391. The molecule has 0 aliphatic heterocycles. The SMILES string of the molecule is CCCCCCc1ccc(-c2cccc3c2C=C(CC)[CH]3[Zr]([Cl])[Cl])cc1. The number of rotatable bonds is 8. The van der Waals surface area contributed by atoms with Crippen molar-refractivity contribution in [2.24, 2.45) is 0 Å². The van der Waals surface area contributed by atoms with E-state index in [-0.39, 0.29) is 0 Å². The van der Waals surface area contributed by atoms with E-state index in [2.05, 4.69) is 62.4 Å². The maximum atomic E-state index is 6.50. The van der Waals surface area contributed by atoms with Crippen molar-refractivity contribution in [2.45, 2.75) is 56.0 Å². The van der Waals surface area contributed by atoms with Crippen LogP contribution in [-0.4, -0.2) is 0 Å². The molecule has 2 aromatic carbocycles. The molecule has 0 amide bonds. The molecule has 0 saturated carbocycles. The van der Waals surface area contributed by atoms with E-state index in [0.29, 0.717) is 3.63 Å². The second-order valence-corrected chi connectivity index (χ2v) is 15.9. The molecule has 0 spiro atoms. The van der Waals surface area contributed by atoms with E-state index in [1.165, 1.54) is 65.5 Å². The van der Waals surface area contributed by atoms with E-state index in [9.17, 15) is 0 Å². The summed E-state index contributed by atoms with van der Waals surface area (Å²) in [5, 5.41) is 0. The zero-order valence-corrected chi connectivity index (χ0v) is 19.7. The molecule has 2 aromatic rings. The van der Waals surface area contributed by atoms with Crippen molar-refractivity contribution in [3.05, 3.63) is 64.7 Å². The van der Waals surface area contributed by atoms with Crippen LogP contribution in [-0.2, 0) is 25.8 Å². The number of aryl methyl sites for hydroxylation is 1. The molecule has 1 aliphatic carbocycles. The van der Waals surface area contributed by atoms with Gasteiger partial charge in [-0.15, -0.1) is 0 Å². The van der Waals surface area contributed by atoms with Gasteiger partial charge in [0.2, 0.25) is 0 Å². The second kappa shape index (κ2) is 9.72. The van der Waals surface area contributed by atoms with E-state index in [4.69, 9.17) is 17.0 Å². The van der Waals surface area contributed by atoms with Crippen LogP contribution in [0.4, 0.5) is 0 Å². The summed E-state index contributed by atoms with van der Waals surface area (Å²) < 4.78 is 0.318. The van der Waals surface area contributed by atoms with Crippen LogP contribution in [0.1, 0.15) is 66.3 Å². The van der Waals surface area contributed by atoms with Gasteiger partial charge in [0.25, 0.3) is 0 Å². The van der Waals surface area contributed by atoms with E-state index >= 15 is 0 Å². The average Bonchev–Trinajstić information content (AvgIpc) is 3.05. The zero-order valence-electron chi connectivity index (χ0n) is 15.7. The normalized spacial score (nSPS) is 15.7. The van der Waals surface area contributed by atoms with E-state index in [0.717, 1.165) is 6.42 Å². The van der Waals surface area contributed by atoms with E-state index in [1.54, 1.807) is 0 Å². The zero-order chi connectivity index (χ0) is 18.5. The predicted octanol–water partition coefficient (Wildman–Crippen LogP) is 8.25. The van der Waals surface area contributed by atoms with Crippen LogP contribution >= 0.6 is 17.0 Å². The first kappa shape index (κ1) is 20.4. The summed E-state index contributed by atoms with van der Waals surface area (Å²) in [4.78, 5) is 0. The third-order valence-corrected chi connectivity index (χ3v) is 10.7. The monoisotopic (exact) mass is 463 g/mol. The molecular weight excluding hydrogens is 438 g/mol. The molecule has 1 unspecified atom stereocenters. The maximum absolute atomic E-state index is 6.50. The van der Waals surface area contributed by atoms with Gasteiger partial charge in [0.05, 0.1) is 0 Å². The van der Waals surface area contributed by atoms with Crippen molar-refractivity contribution in [3.8, 4) is 11.1 Å². The van der Waals surface area contributed by atoms with Gasteiger partial charge in [-0.05, 0) is 0 Å². The van der Waals surface area contributed by atoms with Gasteiger partial charge in [0.15, 0.2) is 0 Å². The van der Waals surface area contributed by atoms with Crippen molar-refractivity contribution >= 4 is 23.1 Å². The Morgan fingerprint density at radius 1 is 0.923 bits per heavy atom. The van der Waals surface area contributed by atoms with Crippen molar-refractivity contribution in [3.63, 3.8) is 0 Å². The first-order valence-corrected chi connectivity index (χ1v) is 17.5. The number of fused-ring (bicyclic) bond motifs is 1. The quantitative estimate of drug-likeness (QED) is 0.344. The summed E-state index contributed by atoms with van der Waals surface area (Å²) in [6.07, 6.45) is 9.81. The van der Waals surface area contributed by atoms with Crippen LogP contribution in [0.15, 0.2) is 48.0 Å². The van der Waals surface area contributed by atoms with Crippen molar-refractivity contribution in [1.82, 2.24) is 0 Å². The summed E-state index contributed by atoms with van der Waals surface area (Å²) in [5.41, 5.74) is 8.15. The van der Waals surface area contributed by atoms with Crippen LogP contribution in [0.25, 0.3) is 17.2 Å². The van der Waals surface area contributed by atoms with Crippen molar-refractivity contribution in [1.29, 1.82) is 0 Å². The minimum absolute atomic E-state index is 0.318. The summed E-state index contributed by atoms with van der Waals surface area (Å²) in [6, 6.07) is 15.7. The van der Waals surface area contributed by atoms with E-state index in [1.807, 2.05) is 0 Å². The molecular formula is C23H27Cl2Zr. The Bertz CT molecular complexity index is 762. The van der Waals surface area contributed by atoms with Gasteiger partial charge in [-0.2, -0.15) is 0 Å². The molecule has 0 bridgehead atoms. The summed E-state index contributed by atoms with van der Waals surface area (Å²) in [7, 11) is 13.0. The van der Waals surface area contributed by atoms with Crippen molar-refractivity contribution in [2.75, 3.05) is 0 Å². The molecule has 0 saturated heterocycles. The Kier molecular flexibility index (Phi) is 7.62. The molecule has 0 nitrogen and oxygen atoms in total. The molecule has 137 valence electrons. The van der Waals surface area contributed by atoms with Crippen molar-refractivity contribution < 1.29 is 19.4 Å². The molecule has 0 fully saturated rings. The van der Waals surface area contributed by atoms with Crippen LogP contribution < -0.4 is 0 Å². The molecule has 0 heterocycles. The third-order valence-electron chi connectivity index (χ3n) is 5.36. The Morgan fingerprint density at radius 3 is 2.35 bits per heavy atom. The Morgan fingerprint density at radius 2 is 1.69 bits per heavy atom. The van der Waals surface area contributed by atoms with Crippen LogP contribution in [0.2, 0.25) is 0 Å². The minimum atomic E-state index is -2.38. The van der Waals surface area contributed by atoms with Crippen LogP contribution in [0, 0.1) is 0 Å². The van der Waals surface area contributed by atoms with Gasteiger partial charge < -0.3 is 0 Å². The second-order valence-electron chi connectivity index (χ2n) is 7.11. The topological polar surface area (TPSA) is 0 Å². The van der Waals surface area contributed by atoms with Crippen LogP contribution in [0.5, 0.6) is 0 Å². The molecule has 0 aromatic heterocycles. The van der Waals surface area contributed by atoms with Gasteiger partial charge in [-0.3, -0.25) is 0 Å². The summed E-state index contributed by atoms with van der Waals surface area (Å²) in [5.74, 6) is 0. The summed E-state index contributed by atoms with van der Waals surface area (Å²) in [6.45, 7) is 4.47. The van der Waals surface area contributed by atoms with Gasteiger partial charge in [0.1, 0.15) is 0 Å². The number of hydrogen-bond acceptors (Lipinski definition) is 0. The molecule has 0 N–H and O–H groups in total.